The molecule has 0 spiro atoms. The number of nitrogens with zero attached hydrogens (tertiary/aromatic N) is 3. The summed E-state index contributed by atoms with van der Waals surface area (Å²) in [6.45, 7) is 3.13. The Morgan fingerprint density at radius 1 is 0.730 bits per heavy atom. The number of nitrogen functional groups attached to an aromatic ring is 1. The number of H-pyrrole nitrogens is 1. The summed E-state index contributed by atoms with van der Waals surface area (Å²) in [5.41, 5.74) is 11.2. The first kappa shape index (κ1) is 60.7. The number of nitrogens with two attached hydrogens (primary N) is 2. The average Bonchev–Trinajstić information content (AvgIpc) is 3.36. The van der Waals surface area contributed by atoms with E-state index in [1.807, 2.05) is 10.6 Å². The first-order valence-electron chi connectivity index (χ1n) is 22.7. The van der Waals surface area contributed by atoms with Crippen molar-refractivity contribution in [2.45, 2.75) is 119 Å². The van der Waals surface area contributed by atoms with Crippen LogP contribution in [-0.2, 0) is 35.3 Å². The summed E-state index contributed by atoms with van der Waals surface area (Å²) >= 11 is 0. The molecule has 74 heavy (non-hydrogen) atoms. The molecule has 0 fully saturated rings. The third-order valence-corrected chi connectivity index (χ3v) is 10.9. The average molecular weight is 1050 g/mol. The van der Waals surface area contributed by atoms with Gasteiger partial charge in [-0.05, 0) is 56.9 Å². The van der Waals surface area contributed by atoms with Crippen molar-refractivity contribution in [2.24, 2.45) is 5.73 Å². The number of aromatic amines is 1. The van der Waals surface area contributed by atoms with Gasteiger partial charge in [0.2, 0.25) is 29.6 Å². The van der Waals surface area contributed by atoms with Crippen LogP contribution in [0.15, 0.2) is 47.7 Å². The number of aromatic nitrogens is 4. The Hall–Kier alpha value is -7.65. The van der Waals surface area contributed by atoms with Crippen LogP contribution in [0.4, 0.5) is 11.6 Å². The molecule has 1 aromatic carbocycles. The Balaban J connectivity index is 1.77. The highest BCUT2D eigenvalue weighted by atomic mass is 16.4. The number of aliphatic hydroxyl groups is 8. The lowest BCUT2D eigenvalue weighted by atomic mass is 9.98. The zero-order chi connectivity index (χ0) is 55.4. The molecule has 3 rings (SSSR count). The first-order valence-corrected chi connectivity index (χ1v) is 22.7. The predicted octanol–water partition coefficient (Wildman–Crippen LogP) is -7.36. The normalized spacial score (nSPS) is 15.7. The fourth-order valence-corrected chi connectivity index (χ4v) is 6.80. The van der Waals surface area contributed by atoms with E-state index in [4.69, 9.17) is 11.5 Å². The van der Waals surface area contributed by atoms with Gasteiger partial charge in [0.05, 0.1) is 37.5 Å². The van der Waals surface area contributed by atoms with Gasteiger partial charge in [0.15, 0.2) is 11.2 Å². The van der Waals surface area contributed by atoms with Crippen LogP contribution in [0.2, 0.25) is 0 Å². The number of carbonyl (C=O) groups is 7. The number of rotatable bonds is 32. The lowest BCUT2D eigenvalue weighted by Crippen LogP contribution is -2.64. The molecule has 408 valence electrons. The summed E-state index contributed by atoms with van der Waals surface area (Å²) < 4.78 is 0. The maximum Gasteiger partial charge on any atom is 0.326 e. The van der Waals surface area contributed by atoms with E-state index in [1.54, 1.807) is 0 Å². The van der Waals surface area contributed by atoms with Gasteiger partial charge in [-0.1, -0.05) is 6.58 Å². The predicted molar refractivity (Wildman–Crippen MR) is 255 cm³/mol. The number of benzene rings is 1. The molecule has 2 aromatic heterocycles. The van der Waals surface area contributed by atoms with Crippen molar-refractivity contribution in [1.29, 1.82) is 0 Å². The molecule has 31 heteroatoms. The van der Waals surface area contributed by atoms with Crippen molar-refractivity contribution in [3.8, 4) is 0 Å². The smallest absolute Gasteiger partial charge is 0.326 e. The molecule has 0 bridgehead atoms. The van der Waals surface area contributed by atoms with Gasteiger partial charge in [-0.3, -0.25) is 38.5 Å². The van der Waals surface area contributed by atoms with E-state index in [0.717, 1.165) is 0 Å². The Kier molecular flexibility index (Phi) is 23.9. The molecule has 11 atom stereocenters. The van der Waals surface area contributed by atoms with E-state index in [-0.39, 0.29) is 41.5 Å². The standard InChI is InChI=1S/C43H63N13O18/c1-18(4-3-13-46-19(2)44)49-39(70)30(35(67)33(65)26(60)17-58)54-38(69)23(10-12-28(62)63)51-40(71)29(34(66)32(64)25(59)16-57)53-27(61)11-9-24(42(73)74)52-37(68)20-5-7-21(8-6-20)47-14-22-15-48-36-31(50-22)41(72)56-43(45)55-36/h5-8,15,18,23-26,29-30,32-35,46-47,57-60,64-67H,2-4,9-14,16-17,44H2,1H3,(H,49,70)(H,51,71)(H,52,68)(H,53,61)(H,54,69)(H,62,63)(H,73,74)(H3,45,48,55,56,72)/t18-,23+,24+,25-,26-,29+,30+,32-,33-,34-,35-/m1/s1. The van der Waals surface area contributed by atoms with Crippen molar-refractivity contribution < 1.29 is 84.6 Å². The number of hydrogen-bond donors (Lipinski definition) is 20. The minimum Gasteiger partial charge on any atom is -0.481 e. The fourth-order valence-electron chi connectivity index (χ4n) is 6.80. The topological polar surface area (TPSA) is 530 Å². The summed E-state index contributed by atoms with van der Waals surface area (Å²) in [7, 11) is 0. The third kappa shape index (κ3) is 18.8. The van der Waals surface area contributed by atoms with Gasteiger partial charge in [-0.25, -0.2) is 14.8 Å². The minimum atomic E-state index is -2.52. The highest BCUT2D eigenvalue weighted by Crippen LogP contribution is 2.15. The number of carbonyl (C=O) groups excluding carboxylic acids is 5. The van der Waals surface area contributed by atoms with Crippen LogP contribution in [-0.4, -0.2) is 199 Å². The van der Waals surface area contributed by atoms with E-state index in [2.05, 4.69) is 53.1 Å². The second-order valence-corrected chi connectivity index (χ2v) is 16.8. The third-order valence-electron chi connectivity index (χ3n) is 10.9. The second-order valence-electron chi connectivity index (χ2n) is 16.8. The van der Waals surface area contributed by atoms with Crippen LogP contribution in [0.25, 0.3) is 11.2 Å². The van der Waals surface area contributed by atoms with Gasteiger partial charge in [-0.15, -0.1) is 0 Å². The van der Waals surface area contributed by atoms with Gasteiger partial charge in [-0.2, -0.15) is 4.98 Å². The van der Waals surface area contributed by atoms with Gasteiger partial charge < -0.3 is 99.8 Å². The molecule has 0 unspecified atom stereocenters. The molecular formula is C43H63N13O18. The van der Waals surface area contributed by atoms with Crippen molar-refractivity contribution >= 4 is 64.3 Å². The highest BCUT2D eigenvalue weighted by molar-refractivity contribution is 5.97. The largest absolute Gasteiger partial charge is 0.481 e. The molecule has 0 saturated heterocycles. The van der Waals surface area contributed by atoms with E-state index < -0.39 is 153 Å². The minimum absolute atomic E-state index is 0.0290. The van der Waals surface area contributed by atoms with Crippen LogP contribution in [0.1, 0.15) is 61.5 Å². The first-order chi connectivity index (χ1) is 34.9. The molecule has 0 aliphatic carbocycles. The van der Waals surface area contributed by atoms with E-state index in [1.165, 1.54) is 37.4 Å². The second kappa shape index (κ2) is 29.2. The number of aliphatic hydroxyl groups excluding tert-OH is 8. The number of fused-ring (bicyclic) bond motifs is 1. The van der Waals surface area contributed by atoms with Crippen LogP contribution in [0, 0.1) is 0 Å². The summed E-state index contributed by atoms with van der Waals surface area (Å²) in [5.74, 6) is -9.38. The van der Waals surface area contributed by atoms with Crippen molar-refractivity contribution in [3.05, 3.63) is 64.5 Å². The maximum atomic E-state index is 13.9. The van der Waals surface area contributed by atoms with Crippen molar-refractivity contribution in [3.63, 3.8) is 0 Å². The molecule has 2 heterocycles. The van der Waals surface area contributed by atoms with Gasteiger partial charge in [0, 0.05) is 36.7 Å². The fraction of sp³-hybridized carbons (Fsp3) is 0.512. The molecular weight excluding hydrogens is 987 g/mol. The molecule has 0 aliphatic rings. The summed E-state index contributed by atoms with van der Waals surface area (Å²) in [6.07, 6.45) is -14.9. The summed E-state index contributed by atoms with van der Waals surface area (Å²) in [4.78, 5) is 118. The van der Waals surface area contributed by atoms with Crippen LogP contribution in [0.3, 0.4) is 0 Å². The molecule has 3 aromatic rings. The monoisotopic (exact) mass is 1050 g/mol. The molecule has 0 radical (unpaired) electrons. The number of anilines is 2. The SMILES string of the molecule is C=C(N)NCCC[C@@H](C)NC(=O)[C@@H](NC(=O)[C@H](CCC(=O)O)NC(=O)[C@@H](NC(=O)CC[C@H](NC(=O)c1ccc(NCc2cnc3nc(N)[nH]c(=O)c3n2)cc1)C(=O)O)[C@@H](O)[C@H](O)[C@H](O)CO)[C@@H](O)[C@H](O)[C@H](O)CO. The quantitative estimate of drug-likeness (QED) is 0.0258. The number of carboxylic acids is 2. The Morgan fingerprint density at radius 2 is 1.31 bits per heavy atom. The van der Waals surface area contributed by atoms with Crippen molar-refractivity contribution in [2.75, 3.05) is 30.8 Å². The molecule has 0 saturated carbocycles. The molecule has 5 amide bonds. The Morgan fingerprint density at radius 3 is 1.88 bits per heavy atom. The Labute approximate surface area is 419 Å². The highest BCUT2D eigenvalue weighted by Gasteiger charge is 2.41. The number of amides is 5. The van der Waals surface area contributed by atoms with Crippen LogP contribution in [0.5, 0.6) is 0 Å². The number of hydrogen-bond acceptors (Lipinski definition) is 23. The van der Waals surface area contributed by atoms with Crippen LogP contribution >= 0.6 is 0 Å². The van der Waals surface area contributed by atoms with E-state index in [0.29, 0.717) is 24.3 Å². The molecule has 22 N–H and O–H groups in total. The van der Waals surface area contributed by atoms with E-state index >= 15 is 0 Å². The van der Waals surface area contributed by atoms with Crippen molar-refractivity contribution in [1.82, 2.24) is 51.8 Å². The number of aliphatic carboxylic acids is 2. The maximum absolute atomic E-state index is 13.9. The van der Waals surface area contributed by atoms with E-state index in [9.17, 15) is 89.4 Å². The Bertz CT molecular complexity index is 2480. The summed E-state index contributed by atoms with van der Waals surface area (Å²) in [5, 5.41) is 118. The number of carboxylic acid groups (broad SMARTS) is 2. The number of nitrogens with one attached hydrogen (secondary N) is 8. The van der Waals surface area contributed by atoms with Gasteiger partial charge in [0.1, 0.15) is 60.8 Å². The zero-order valence-corrected chi connectivity index (χ0v) is 39.8. The summed E-state index contributed by atoms with van der Waals surface area (Å²) in [6, 6.07) is -3.44. The van der Waals surface area contributed by atoms with Gasteiger partial charge in [0.25, 0.3) is 11.5 Å². The van der Waals surface area contributed by atoms with Gasteiger partial charge >= 0.3 is 11.9 Å². The lowest BCUT2D eigenvalue weighted by Gasteiger charge is -2.32. The molecule has 0 aliphatic heterocycles. The molecule has 31 nitrogen and oxygen atoms in total. The lowest BCUT2D eigenvalue weighted by molar-refractivity contribution is -0.144. The van der Waals surface area contributed by atoms with Crippen LogP contribution < -0.4 is 54.2 Å². The zero-order valence-electron chi connectivity index (χ0n) is 39.8.